The number of methoxy groups -OCH3 is 1. The van der Waals surface area contributed by atoms with E-state index in [0.29, 0.717) is 25.7 Å². The highest BCUT2D eigenvalue weighted by Gasteiger charge is 2.34. The molecule has 0 bridgehead atoms. The zero-order valence-corrected chi connectivity index (χ0v) is 12.5. The van der Waals surface area contributed by atoms with Crippen molar-refractivity contribution in [2.24, 2.45) is 5.92 Å². The third-order valence-corrected chi connectivity index (χ3v) is 3.19. The number of ketones is 1. The van der Waals surface area contributed by atoms with Gasteiger partial charge in [-0.1, -0.05) is 0 Å². The molecule has 1 amide bonds. The maximum Gasteiger partial charge on any atom is 0.408 e. The van der Waals surface area contributed by atoms with Crippen molar-refractivity contribution in [3.63, 3.8) is 0 Å². The van der Waals surface area contributed by atoms with Gasteiger partial charge >= 0.3 is 12.1 Å². The lowest BCUT2D eigenvalue weighted by Gasteiger charge is -2.29. The van der Waals surface area contributed by atoms with Crippen LogP contribution in [0.3, 0.4) is 0 Å². The molecule has 0 aromatic heterocycles. The highest BCUT2D eigenvalue weighted by Crippen LogP contribution is 2.25. The molecule has 0 heterocycles. The Balaban J connectivity index is 2.67. The second-order valence-corrected chi connectivity index (χ2v) is 6.02. The molecule has 0 saturated heterocycles. The van der Waals surface area contributed by atoms with Gasteiger partial charge in [0.25, 0.3) is 0 Å². The quantitative estimate of drug-likeness (QED) is 0.800. The van der Waals surface area contributed by atoms with Crippen molar-refractivity contribution in [3.05, 3.63) is 0 Å². The van der Waals surface area contributed by atoms with Crippen LogP contribution in [0.1, 0.15) is 46.5 Å². The monoisotopic (exact) mass is 285 g/mol. The van der Waals surface area contributed by atoms with Gasteiger partial charge in [-0.3, -0.25) is 4.79 Å². The number of alkyl carbamates (subject to hydrolysis) is 1. The minimum absolute atomic E-state index is 0.0901. The summed E-state index contributed by atoms with van der Waals surface area (Å²) in [7, 11) is 1.28. The summed E-state index contributed by atoms with van der Waals surface area (Å²) < 4.78 is 9.88. The molecule has 1 rings (SSSR count). The highest BCUT2D eigenvalue weighted by molar-refractivity contribution is 5.83. The van der Waals surface area contributed by atoms with E-state index in [1.54, 1.807) is 20.8 Å². The standard InChI is InChI=1S/C14H23NO5/c1-14(2,3)20-13(18)15-11(12(17)19-4)9-5-7-10(16)8-6-9/h9,11H,5-8H2,1-4H3,(H,15,18)/t11-/m1/s1. The van der Waals surface area contributed by atoms with Gasteiger partial charge in [-0.2, -0.15) is 0 Å². The lowest BCUT2D eigenvalue weighted by atomic mass is 9.83. The smallest absolute Gasteiger partial charge is 0.408 e. The summed E-state index contributed by atoms with van der Waals surface area (Å²) in [5.74, 6) is -0.398. The van der Waals surface area contributed by atoms with E-state index >= 15 is 0 Å². The van der Waals surface area contributed by atoms with Gasteiger partial charge in [-0.25, -0.2) is 9.59 Å². The molecule has 6 nitrogen and oxygen atoms in total. The zero-order chi connectivity index (χ0) is 15.3. The van der Waals surface area contributed by atoms with Crippen LogP contribution >= 0.6 is 0 Å². The normalized spacial score (nSPS) is 18.3. The first kappa shape index (κ1) is 16.5. The molecule has 6 heteroatoms. The third kappa shape index (κ3) is 5.19. The summed E-state index contributed by atoms with van der Waals surface area (Å²) in [6.07, 6.45) is 1.38. The van der Waals surface area contributed by atoms with E-state index in [2.05, 4.69) is 5.32 Å². The Kier molecular flexibility index (Phi) is 5.53. The molecule has 0 aliphatic heterocycles. The molecule has 1 N–H and O–H groups in total. The number of esters is 1. The summed E-state index contributed by atoms with van der Waals surface area (Å²) in [4.78, 5) is 34.9. The van der Waals surface area contributed by atoms with Crippen LogP contribution in [0.15, 0.2) is 0 Å². The molecule has 20 heavy (non-hydrogen) atoms. The summed E-state index contributed by atoms with van der Waals surface area (Å²) >= 11 is 0. The van der Waals surface area contributed by atoms with Gasteiger partial charge in [0.15, 0.2) is 0 Å². The van der Waals surface area contributed by atoms with Gasteiger partial charge in [0.05, 0.1) is 7.11 Å². The molecule has 1 atom stereocenters. The lowest BCUT2D eigenvalue weighted by molar-refractivity contribution is -0.145. The molecule has 1 aliphatic carbocycles. The molecule has 114 valence electrons. The van der Waals surface area contributed by atoms with Crippen LogP contribution in [-0.2, 0) is 19.1 Å². The molecule has 1 fully saturated rings. The summed E-state index contributed by atoms with van der Waals surface area (Å²) in [6.45, 7) is 5.25. The number of Topliss-reactive ketones (excluding diaryl/α,β-unsaturated/α-hetero) is 1. The number of amides is 1. The van der Waals surface area contributed by atoms with Gasteiger partial charge in [-0.05, 0) is 39.5 Å². The Morgan fingerprint density at radius 3 is 2.25 bits per heavy atom. The van der Waals surface area contributed by atoms with Crippen molar-refractivity contribution in [3.8, 4) is 0 Å². The fourth-order valence-corrected chi connectivity index (χ4v) is 2.23. The van der Waals surface area contributed by atoms with Crippen molar-refractivity contribution in [2.75, 3.05) is 7.11 Å². The van der Waals surface area contributed by atoms with Crippen molar-refractivity contribution < 1.29 is 23.9 Å². The van der Waals surface area contributed by atoms with E-state index < -0.39 is 23.7 Å². The molecule has 0 spiro atoms. The summed E-state index contributed by atoms with van der Waals surface area (Å²) in [6, 6.07) is -0.761. The van der Waals surface area contributed by atoms with Gasteiger partial charge in [-0.15, -0.1) is 0 Å². The third-order valence-electron chi connectivity index (χ3n) is 3.19. The topological polar surface area (TPSA) is 81.7 Å². The molecule has 0 aromatic rings. The molecular weight excluding hydrogens is 262 g/mol. The Hall–Kier alpha value is -1.59. The van der Waals surface area contributed by atoms with E-state index in [4.69, 9.17) is 9.47 Å². The number of nitrogens with one attached hydrogen (secondary N) is 1. The van der Waals surface area contributed by atoms with Crippen molar-refractivity contribution in [2.45, 2.75) is 58.1 Å². The minimum atomic E-state index is -0.761. The van der Waals surface area contributed by atoms with E-state index in [-0.39, 0.29) is 11.7 Å². The Bertz CT molecular complexity index is 376. The van der Waals surface area contributed by atoms with Crippen LogP contribution in [0.5, 0.6) is 0 Å². The lowest BCUT2D eigenvalue weighted by Crippen LogP contribution is -2.49. The van der Waals surface area contributed by atoms with Crippen molar-refractivity contribution in [1.82, 2.24) is 5.32 Å². The molecule has 0 aromatic carbocycles. The predicted molar refractivity (Wildman–Crippen MR) is 72.1 cm³/mol. The Labute approximate surface area is 119 Å². The van der Waals surface area contributed by atoms with Gasteiger partial charge in [0.1, 0.15) is 17.4 Å². The number of rotatable bonds is 3. The molecule has 0 radical (unpaired) electrons. The Morgan fingerprint density at radius 1 is 1.25 bits per heavy atom. The van der Waals surface area contributed by atoms with Gasteiger partial charge in [0.2, 0.25) is 0 Å². The number of hydrogen-bond donors (Lipinski definition) is 1. The highest BCUT2D eigenvalue weighted by atomic mass is 16.6. The SMILES string of the molecule is COC(=O)[C@H](NC(=O)OC(C)(C)C)C1CCC(=O)CC1. The van der Waals surface area contributed by atoms with E-state index in [1.165, 1.54) is 7.11 Å². The van der Waals surface area contributed by atoms with Crippen LogP contribution in [-0.4, -0.2) is 36.6 Å². The molecular formula is C14H23NO5. The van der Waals surface area contributed by atoms with Crippen LogP contribution in [0.25, 0.3) is 0 Å². The first-order valence-electron chi connectivity index (χ1n) is 6.82. The van der Waals surface area contributed by atoms with Crippen LogP contribution < -0.4 is 5.32 Å². The number of carbonyl (C=O) groups excluding carboxylic acids is 3. The largest absolute Gasteiger partial charge is 0.467 e. The van der Waals surface area contributed by atoms with Crippen molar-refractivity contribution in [1.29, 1.82) is 0 Å². The maximum atomic E-state index is 11.8. The maximum absolute atomic E-state index is 11.8. The zero-order valence-electron chi connectivity index (χ0n) is 12.5. The van der Waals surface area contributed by atoms with E-state index in [9.17, 15) is 14.4 Å². The van der Waals surface area contributed by atoms with Crippen LogP contribution in [0, 0.1) is 5.92 Å². The summed E-state index contributed by atoms with van der Waals surface area (Å²) in [5.41, 5.74) is -0.632. The molecule has 1 aliphatic rings. The second kappa shape index (κ2) is 6.72. The van der Waals surface area contributed by atoms with Gasteiger partial charge < -0.3 is 14.8 Å². The Morgan fingerprint density at radius 2 is 1.80 bits per heavy atom. The van der Waals surface area contributed by atoms with Crippen LogP contribution in [0.2, 0.25) is 0 Å². The fourth-order valence-electron chi connectivity index (χ4n) is 2.23. The van der Waals surface area contributed by atoms with E-state index in [0.717, 1.165) is 0 Å². The molecule has 1 saturated carbocycles. The fraction of sp³-hybridized carbons (Fsp3) is 0.786. The first-order valence-corrected chi connectivity index (χ1v) is 6.82. The van der Waals surface area contributed by atoms with Gasteiger partial charge in [0, 0.05) is 12.8 Å². The van der Waals surface area contributed by atoms with E-state index in [1.807, 2.05) is 0 Å². The average Bonchev–Trinajstić information content (AvgIpc) is 2.34. The second-order valence-electron chi connectivity index (χ2n) is 6.02. The molecule has 0 unspecified atom stereocenters. The minimum Gasteiger partial charge on any atom is -0.467 e. The number of hydrogen-bond acceptors (Lipinski definition) is 5. The number of carbonyl (C=O) groups is 3. The number of ether oxygens (including phenoxy) is 2. The average molecular weight is 285 g/mol. The van der Waals surface area contributed by atoms with Crippen LogP contribution in [0.4, 0.5) is 4.79 Å². The summed E-state index contributed by atoms with van der Waals surface area (Å²) in [5, 5.41) is 2.56. The van der Waals surface area contributed by atoms with Crippen molar-refractivity contribution >= 4 is 17.8 Å². The first-order chi connectivity index (χ1) is 9.23. The predicted octanol–water partition coefficient (Wildman–Crippen LogP) is 1.81.